The number of benzene rings is 1. The Labute approximate surface area is 109 Å². The molecule has 3 heterocycles. The molecule has 1 atom stereocenters. The Bertz CT molecular complexity index is 649. The molecule has 1 aromatic heterocycles. The second-order valence-electron chi connectivity index (χ2n) is 4.75. The van der Waals surface area contributed by atoms with E-state index in [4.69, 9.17) is 0 Å². The second-order valence-corrected chi connectivity index (χ2v) is 5.76. The summed E-state index contributed by atoms with van der Waals surface area (Å²) >= 11 is 1.77. The number of hydrogen-bond donors (Lipinski definition) is 0. The van der Waals surface area contributed by atoms with Crippen molar-refractivity contribution in [3.05, 3.63) is 57.3 Å². The van der Waals surface area contributed by atoms with Gasteiger partial charge in [-0.1, -0.05) is 18.2 Å². The number of nitrogens with zero attached hydrogens (tertiary/aromatic N) is 2. The number of thiophene rings is 1. The van der Waals surface area contributed by atoms with Crippen LogP contribution in [0, 0.1) is 0 Å². The first-order valence-corrected chi connectivity index (χ1v) is 6.85. The SMILES string of the molecule is CN1Cc2sccc2C2c3ccccc3C(=O)N21. The summed E-state index contributed by atoms with van der Waals surface area (Å²) < 4.78 is 0. The van der Waals surface area contributed by atoms with Gasteiger partial charge < -0.3 is 0 Å². The van der Waals surface area contributed by atoms with E-state index in [1.165, 1.54) is 10.4 Å². The first-order chi connectivity index (χ1) is 8.77. The van der Waals surface area contributed by atoms with Crippen LogP contribution in [-0.4, -0.2) is 23.0 Å². The van der Waals surface area contributed by atoms with Gasteiger partial charge in [-0.3, -0.25) is 9.80 Å². The van der Waals surface area contributed by atoms with Crippen LogP contribution in [-0.2, 0) is 6.54 Å². The van der Waals surface area contributed by atoms with Gasteiger partial charge in [-0.05, 0) is 28.6 Å². The van der Waals surface area contributed by atoms with Crippen molar-refractivity contribution in [3.8, 4) is 0 Å². The third-order valence-corrected chi connectivity index (χ3v) is 4.67. The molecule has 1 unspecified atom stereocenters. The molecule has 90 valence electrons. The molecule has 4 rings (SSSR count). The van der Waals surface area contributed by atoms with E-state index in [0.29, 0.717) is 0 Å². The molecule has 0 N–H and O–H groups in total. The maximum atomic E-state index is 12.5. The van der Waals surface area contributed by atoms with Gasteiger partial charge in [0.05, 0.1) is 6.54 Å². The Balaban J connectivity index is 1.99. The molecule has 0 saturated carbocycles. The van der Waals surface area contributed by atoms with Crippen molar-refractivity contribution in [1.82, 2.24) is 10.0 Å². The molecule has 4 heteroatoms. The lowest BCUT2D eigenvalue weighted by Gasteiger charge is -2.38. The summed E-state index contributed by atoms with van der Waals surface area (Å²) in [5.41, 5.74) is 3.26. The highest BCUT2D eigenvalue weighted by Crippen LogP contribution is 2.44. The van der Waals surface area contributed by atoms with Gasteiger partial charge in [0, 0.05) is 17.5 Å². The summed E-state index contributed by atoms with van der Waals surface area (Å²) in [7, 11) is 1.99. The molecule has 0 radical (unpaired) electrons. The molecule has 0 fully saturated rings. The molecule has 2 aliphatic rings. The Kier molecular flexibility index (Phi) is 1.96. The van der Waals surface area contributed by atoms with Crippen LogP contribution in [0.25, 0.3) is 0 Å². The molecule has 0 aliphatic carbocycles. The van der Waals surface area contributed by atoms with E-state index in [0.717, 1.165) is 17.7 Å². The van der Waals surface area contributed by atoms with Crippen LogP contribution in [0.5, 0.6) is 0 Å². The van der Waals surface area contributed by atoms with E-state index in [-0.39, 0.29) is 11.9 Å². The average molecular weight is 256 g/mol. The molecule has 1 amide bonds. The summed E-state index contributed by atoms with van der Waals surface area (Å²) in [6.45, 7) is 0.823. The van der Waals surface area contributed by atoms with Gasteiger partial charge in [-0.15, -0.1) is 11.3 Å². The Morgan fingerprint density at radius 2 is 2.06 bits per heavy atom. The van der Waals surface area contributed by atoms with Gasteiger partial charge in [0.2, 0.25) is 0 Å². The normalized spacial score (nSPS) is 21.7. The molecule has 1 aromatic carbocycles. The minimum atomic E-state index is 0.0775. The Morgan fingerprint density at radius 3 is 2.94 bits per heavy atom. The second kappa shape index (κ2) is 3.43. The van der Waals surface area contributed by atoms with Crippen LogP contribution in [0.1, 0.15) is 32.4 Å². The zero-order chi connectivity index (χ0) is 12.3. The van der Waals surface area contributed by atoms with Crippen LogP contribution < -0.4 is 0 Å². The first-order valence-electron chi connectivity index (χ1n) is 5.97. The third kappa shape index (κ3) is 1.14. The van der Waals surface area contributed by atoms with Gasteiger partial charge in [-0.25, -0.2) is 5.01 Å². The quantitative estimate of drug-likeness (QED) is 0.723. The van der Waals surface area contributed by atoms with Crippen LogP contribution in [0.2, 0.25) is 0 Å². The van der Waals surface area contributed by atoms with Gasteiger partial charge in [0.1, 0.15) is 6.04 Å². The molecular formula is C14H12N2OS. The maximum Gasteiger partial charge on any atom is 0.269 e. The van der Waals surface area contributed by atoms with Gasteiger partial charge in [0.15, 0.2) is 0 Å². The van der Waals surface area contributed by atoms with Crippen LogP contribution in [0.3, 0.4) is 0 Å². The number of hydrogen-bond acceptors (Lipinski definition) is 3. The number of carbonyl (C=O) groups is 1. The van der Waals surface area contributed by atoms with Crippen LogP contribution in [0.4, 0.5) is 0 Å². The number of fused-ring (bicyclic) bond motifs is 5. The number of rotatable bonds is 0. The van der Waals surface area contributed by atoms with Crippen molar-refractivity contribution in [1.29, 1.82) is 0 Å². The van der Waals surface area contributed by atoms with E-state index < -0.39 is 0 Å². The van der Waals surface area contributed by atoms with E-state index in [1.807, 2.05) is 35.3 Å². The standard InChI is InChI=1S/C14H12N2OS/c1-15-8-12-11(6-7-18-12)13-9-4-2-3-5-10(9)14(17)16(13)15/h2-7,13H,8H2,1H3. The lowest BCUT2D eigenvalue weighted by Crippen LogP contribution is -2.45. The third-order valence-electron chi connectivity index (χ3n) is 3.75. The molecule has 0 bridgehead atoms. The molecule has 3 nitrogen and oxygen atoms in total. The molecule has 0 saturated heterocycles. The fraction of sp³-hybridized carbons (Fsp3) is 0.214. The highest BCUT2D eigenvalue weighted by Gasteiger charge is 2.43. The highest BCUT2D eigenvalue weighted by molar-refractivity contribution is 7.10. The number of amides is 1. The number of hydrazine groups is 1. The van der Waals surface area contributed by atoms with Gasteiger partial charge in [0.25, 0.3) is 5.91 Å². The minimum absolute atomic E-state index is 0.0775. The van der Waals surface area contributed by atoms with Gasteiger partial charge >= 0.3 is 0 Å². The van der Waals surface area contributed by atoms with E-state index in [9.17, 15) is 4.79 Å². The Hall–Kier alpha value is -1.65. The molecule has 2 aromatic rings. The fourth-order valence-electron chi connectivity index (χ4n) is 2.96. The molecular weight excluding hydrogens is 244 g/mol. The lowest BCUT2D eigenvalue weighted by atomic mass is 9.98. The predicted molar refractivity (Wildman–Crippen MR) is 70.2 cm³/mol. The van der Waals surface area contributed by atoms with Crippen molar-refractivity contribution in [2.45, 2.75) is 12.6 Å². The smallest absolute Gasteiger partial charge is 0.268 e. The number of carbonyl (C=O) groups excluding carboxylic acids is 1. The van der Waals surface area contributed by atoms with Crippen molar-refractivity contribution >= 4 is 17.2 Å². The van der Waals surface area contributed by atoms with E-state index >= 15 is 0 Å². The summed E-state index contributed by atoms with van der Waals surface area (Å²) in [5.74, 6) is 0.120. The van der Waals surface area contributed by atoms with Crippen molar-refractivity contribution in [2.75, 3.05) is 7.05 Å². The van der Waals surface area contributed by atoms with Gasteiger partial charge in [-0.2, -0.15) is 0 Å². The lowest BCUT2D eigenvalue weighted by molar-refractivity contribution is -0.0172. The monoisotopic (exact) mass is 256 g/mol. The van der Waals surface area contributed by atoms with Crippen molar-refractivity contribution in [3.63, 3.8) is 0 Å². The molecule has 18 heavy (non-hydrogen) atoms. The zero-order valence-electron chi connectivity index (χ0n) is 9.96. The topological polar surface area (TPSA) is 23.6 Å². The van der Waals surface area contributed by atoms with Crippen molar-refractivity contribution in [2.24, 2.45) is 0 Å². The molecule has 0 spiro atoms. The summed E-state index contributed by atoms with van der Waals surface area (Å²) in [4.78, 5) is 13.8. The first kappa shape index (κ1) is 10.3. The molecule has 2 aliphatic heterocycles. The summed E-state index contributed by atoms with van der Waals surface area (Å²) in [5, 5.41) is 6.04. The van der Waals surface area contributed by atoms with Crippen molar-refractivity contribution < 1.29 is 4.79 Å². The summed E-state index contributed by atoms with van der Waals surface area (Å²) in [6.07, 6.45) is 0. The minimum Gasteiger partial charge on any atom is -0.268 e. The van der Waals surface area contributed by atoms with E-state index in [1.54, 1.807) is 11.3 Å². The maximum absolute atomic E-state index is 12.5. The fourth-order valence-corrected chi connectivity index (χ4v) is 3.92. The Morgan fingerprint density at radius 1 is 1.22 bits per heavy atom. The summed E-state index contributed by atoms with van der Waals surface area (Å²) in [6, 6.07) is 10.2. The largest absolute Gasteiger partial charge is 0.269 e. The average Bonchev–Trinajstić information content (AvgIpc) is 2.94. The zero-order valence-corrected chi connectivity index (χ0v) is 10.8. The van der Waals surface area contributed by atoms with Crippen LogP contribution in [0.15, 0.2) is 35.7 Å². The van der Waals surface area contributed by atoms with E-state index in [2.05, 4.69) is 17.5 Å². The highest BCUT2D eigenvalue weighted by atomic mass is 32.1. The van der Waals surface area contributed by atoms with Crippen LogP contribution >= 0.6 is 11.3 Å². The predicted octanol–water partition coefficient (Wildman–Crippen LogP) is 2.65.